The minimum Gasteiger partial charge on any atom is -0.396 e. The summed E-state index contributed by atoms with van der Waals surface area (Å²) in [6.45, 7) is 75.7. The van der Waals surface area contributed by atoms with Crippen LogP contribution in [0, 0.1) is 0 Å². The zero-order valence-corrected chi connectivity index (χ0v) is 80.1. The number of unbranched alkanes of at least 4 members (excludes halogenated alkanes) is 20. The smallest absolute Gasteiger partial charge is 0.249 e. The average molecular weight is 1790 g/mol. The molecule has 0 fully saturated rings. The van der Waals surface area contributed by atoms with Crippen molar-refractivity contribution in [3.8, 4) is 0 Å². The van der Waals surface area contributed by atoms with Crippen molar-refractivity contribution >= 4 is 47.3 Å². The third-order valence-corrected chi connectivity index (χ3v) is 17.8. The zero-order chi connectivity index (χ0) is 98.5. The van der Waals surface area contributed by atoms with Gasteiger partial charge in [0.05, 0.1) is 0 Å². The van der Waals surface area contributed by atoms with Gasteiger partial charge >= 0.3 is 0 Å². The van der Waals surface area contributed by atoms with E-state index in [1.807, 2.05) is 36.5 Å². The third kappa shape index (κ3) is 91.0. The summed E-state index contributed by atoms with van der Waals surface area (Å²) < 4.78 is 0. The first-order valence-electron chi connectivity index (χ1n) is 45.3. The van der Waals surface area contributed by atoms with Crippen molar-refractivity contribution in [1.82, 2.24) is 39.2 Å². The summed E-state index contributed by atoms with van der Waals surface area (Å²) in [5, 5.41) is 68.8. The van der Waals surface area contributed by atoms with Crippen molar-refractivity contribution in [2.45, 2.75) is 207 Å². The lowest BCUT2D eigenvalue weighted by atomic mass is 10.1. The molecule has 728 valence electrons. The van der Waals surface area contributed by atoms with E-state index in [-0.39, 0.29) is 86.9 Å². The van der Waals surface area contributed by atoms with Crippen molar-refractivity contribution in [2.75, 3.05) is 158 Å². The number of carbonyl (C=O) groups excluding carboxylic acids is 8. The monoisotopic (exact) mass is 1790 g/mol. The second-order valence-electron chi connectivity index (χ2n) is 29.5. The highest BCUT2D eigenvalue weighted by molar-refractivity contribution is 5.94. The molecule has 0 unspecified atom stereocenters. The van der Waals surface area contributed by atoms with E-state index in [1.54, 1.807) is 116 Å². The maximum Gasteiger partial charge on any atom is 0.249 e. The van der Waals surface area contributed by atoms with E-state index in [2.05, 4.69) is 117 Å². The van der Waals surface area contributed by atoms with Crippen LogP contribution >= 0.6 is 0 Å². The Balaban J connectivity index is -0.000000215. The number of aliphatic hydroxyl groups excluding tert-OH is 8. The zero-order valence-electron chi connectivity index (χ0n) is 80.1. The molecule has 0 saturated heterocycles. The number of hydrogen-bond donors (Lipinski definition) is 8. The first-order valence-corrected chi connectivity index (χ1v) is 45.3. The largest absolute Gasteiger partial charge is 0.396 e. The van der Waals surface area contributed by atoms with E-state index < -0.39 is 0 Å². The summed E-state index contributed by atoms with van der Waals surface area (Å²) in [5.74, 6) is -0.357. The van der Waals surface area contributed by atoms with Gasteiger partial charge in [0.25, 0.3) is 0 Å². The summed E-state index contributed by atoms with van der Waals surface area (Å²) in [6.07, 6.45) is 61.9. The standard InChI is InChI=1S/C15H27NO2.C15H25NO2.C14H25NO2.C14H23NO2.C12H21NO2.C12H19NO2.C11H19NO2.C11H17NO2/c2*1-4-11-16(15(18)14(2)3)12-9-7-5-6-8-10-13-17;2*1-3-11-15(14(17)4-2)12-9-7-5-6-8-10-13-16;2*1-4-8-13(12(15)11(2)3)9-6-5-7-10-14;2*1-3-8-12(11(14)4-2)9-6-5-7-10-13/h4,17H,1-2,5-13H2,3H3;4,7,9,17H,1-2,5-6,8,10-13H2,3H3;3-4,16H,1-2,5-13H2;3-4,7,9,16H,1-2,5-6,8,10-13H2;4,14H,1-2,5-10H2,3H3;4-6,14H,1-2,7-10H2,3H3;3-4,13H,1-2,5-10H2;3-6,13H,1-2,7-10H2/b;9-7+;;9-7+;;6-5+;;6-5+. The lowest BCUT2D eigenvalue weighted by molar-refractivity contribution is -0.127. The van der Waals surface area contributed by atoms with E-state index in [4.69, 9.17) is 40.9 Å². The Morgan fingerprint density at radius 3 is 0.594 bits per heavy atom. The highest BCUT2D eigenvalue weighted by atomic mass is 16.3. The summed E-state index contributed by atoms with van der Waals surface area (Å²) in [5.41, 5.74) is 2.21. The second kappa shape index (κ2) is 106. The van der Waals surface area contributed by atoms with Crippen LogP contribution < -0.4 is 0 Å². The fourth-order valence-corrected chi connectivity index (χ4v) is 10.9. The predicted octanol–water partition coefficient (Wildman–Crippen LogP) is 16.1. The Morgan fingerprint density at radius 1 is 0.195 bits per heavy atom. The van der Waals surface area contributed by atoms with Crippen molar-refractivity contribution in [2.24, 2.45) is 0 Å². The second-order valence-corrected chi connectivity index (χ2v) is 29.5. The highest BCUT2D eigenvalue weighted by Crippen LogP contribution is 2.12. The molecule has 128 heavy (non-hydrogen) atoms. The predicted molar refractivity (Wildman–Crippen MR) is 537 cm³/mol. The van der Waals surface area contributed by atoms with Crippen LogP contribution in [0.5, 0.6) is 0 Å². The number of nitrogens with zero attached hydrogens (tertiary/aromatic N) is 8. The number of amides is 8. The molecule has 0 saturated carbocycles. The van der Waals surface area contributed by atoms with Crippen LogP contribution in [0.1, 0.15) is 207 Å². The van der Waals surface area contributed by atoms with Gasteiger partial charge in [-0.2, -0.15) is 0 Å². The van der Waals surface area contributed by atoms with Gasteiger partial charge < -0.3 is 80.1 Å². The molecule has 0 radical (unpaired) electrons. The molecule has 8 N–H and O–H groups in total. The van der Waals surface area contributed by atoms with Gasteiger partial charge in [-0.3, -0.25) is 38.4 Å². The van der Waals surface area contributed by atoms with Crippen molar-refractivity contribution < 1.29 is 79.2 Å². The van der Waals surface area contributed by atoms with E-state index in [9.17, 15) is 38.4 Å². The van der Waals surface area contributed by atoms with Crippen LogP contribution in [0.2, 0.25) is 0 Å². The van der Waals surface area contributed by atoms with Gasteiger partial charge in [0.2, 0.25) is 47.3 Å². The molecule has 24 nitrogen and oxygen atoms in total. The molecule has 0 aliphatic carbocycles. The van der Waals surface area contributed by atoms with Crippen molar-refractivity contribution in [1.29, 1.82) is 0 Å². The summed E-state index contributed by atoms with van der Waals surface area (Å²) in [4.78, 5) is 106. The molecular weight excluding hydrogens is 1620 g/mol. The van der Waals surface area contributed by atoms with E-state index in [0.717, 1.165) is 167 Å². The minimum absolute atomic E-state index is 0.0149. The fourth-order valence-electron chi connectivity index (χ4n) is 10.9. The molecule has 0 aliphatic heterocycles. The highest BCUT2D eigenvalue weighted by Gasteiger charge is 2.16. The van der Waals surface area contributed by atoms with Gasteiger partial charge in [-0.25, -0.2) is 0 Å². The number of carbonyl (C=O) groups is 8. The van der Waals surface area contributed by atoms with E-state index in [0.29, 0.717) is 140 Å². The maximum absolute atomic E-state index is 11.8. The van der Waals surface area contributed by atoms with Crippen LogP contribution in [0.3, 0.4) is 0 Å². The summed E-state index contributed by atoms with van der Waals surface area (Å²) in [6, 6.07) is 0. The number of allylic oxidation sites excluding steroid dienone is 2. The van der Waals surface area contributed by atoms with Crippen LogP contribution in [0.15, 0.2) is 249 Å². The SMILES string of the molecule is C=CCN(C/C=C/CCCCCO)C(=O)C(=C)C.C=CCN(C/C=C/CCCCCO)C(=O)C=C.C=CCN(C/C=C/CCO)C(=O)C(=C)C.C=CCN(C/C=C/CCO)C(=O)C=C.C=CCN(CCCCCCCCO)C(=O)C(=C)C.C=CCN(CCCCCCCCO)C(=O)C=C.C=CCN(CCCCCO)C(=O)C(=C)C.C=CCN(CCCCCO)C(=O)C=C. The Hall–Kier alpha value is -9.76. The Labute approximate surface area is 775 Å². The fraction of sp³-hybridized carbons (Fsp3) is 0.538. The van der Waals surface area contributed by atoms with Crippen LogP contribution in [-0.2, 0) is 38.4 Å². The first kappa shape index (κ1) is 134. The number of rotatable bonds is 72. The minimum atomic E-state index is -0.112. The van der Waals surface area contributed by atoms with Gasteiger partial charge in [0, 0.05) is 180 Å². The molecule has 0 aromatic carbocycles. The van der Waals surface area contributed by atoms with E-state index in [1.165, 1.54) is 37.1 Å². The van der Waals surface area contributed by atoms with Crippen LogP contribution in [0.4, 0.5) is 0 Å². The molecule has 0 aromatic rings. The van der Waals surface area contributed by atoms with Crippen LogP contribution in [0.25, 0.3) is 0 Å². The van der Waals surface area contributed by atoms with Gasteiger partial charge in [0.1, 0.15) is 0 Å². The number of aliphatic hydroxyl groups is 8. The van der Waals surface area contributed by atoms with E-state index >= 15 is 0 Å². The molecule has 0 heterocycles. The molecule has 0 spiro atoms. The van der Waals surface area contributed by atoms with Crippen LogP contribution in [-0.4, -0.2) is 285 Å². The Kier molecular flexibility index (Phi) is 111. The topological polar surface area (TPSA) is 324 Å². The normalized spacial score (nSPS) is 10.1. The van der Waals surface area contributed by atoms with Gasteiger partial charge in [-0.1, -0.05) is 214 Å². The number of hydrogen-bond acceptors (Lipinski definition) is 16. The van der Waals surface area contributed by atoms with Crippen molar-refractivity contribution in [3.63, 3.8) is 0 Å². The Bertz CT molecular complexity index is 3150. The molecule has 0 aromatic heterocycles. The molecule has 0 atom stereocenters. The quantitative estimate of drug-likeness (QED) is 0.0159. The molecule has 0 bridgehead atoms. The molecule has 8 amide bonds. The van der Waals surface area contributed by atoms with Gasteiger partial charge in [0.15, 0.2) is 0 Å². The summed E-state index contributed by atoms with van der Waals surface area (Å²) in [7, 11) is 0. The van der Waals surface area contributed by atoms with Crippen molar-refractivity contribution in [3.05, 3.63) is 249 Å². The molecule has 0 rings (SSSR count). The van der Waals surface area contributed by atoms with Gasteiger partial charge in [-0.05, 0) is 168 Å². The average Bonchev–Trinajstić information content (AvgIpc) is 1.04. The lowest BCUT2D eigenvalue weighted by Gasteiger charge is -2.21. The maximum atomic E-state index is 11.8. The third-order valence-electron chi connectivity index (χ3n) is 17.8. The summed E-state index contributed by atoms with van der Waals surface area (Å²) >= 11 is 0. The molecular formula is C104H176N8O16. The van der Waals surface area contributed by atoms with Gasteiger partial charge in [-0.15, -0.1) is 52.6 Å². The molecule has 0 aliphatic rings. The molecule has 24 heteroatoms. The lowest BCUT2D eigenvalue weighted by Crippen LogP contribution is -2.32. The Morgan fingerprint density at radius 2 is 0.367 bits per heavy atom. The first-order chi connectivity index (χ1) is 61.5.